The molecule has 3 aliphatic rings. The minimum Gasteiger partial charge on any atom is -0.353 e. The SMILES string of the molecule is CCC(CC)NC(=O)[C@@H]1CCCN(C2CCN(C3Cc4ccccc4C3)CC2)C1. The van der Waals surface area contributed by atoms with E-state index in [0.29, 0.717) is 24.0 Å². The van der Waals surface area contributed by atoms with Gasteiger partial charge in [0.05, 0.1) is 5.92 Å². The molecule has 0 unspecified atom stereocenters. The zero-order chi connectivity index (χ0) is 20.2. The Bertz CT molecular complexity index is 653. The molecule has 2 aliphatic heterocycles. The molecule has 0 bridgehead atoms. The maximum atomic E-state index is 12.7. The standard InChI is InChI=1S/C25H39N3O/c1-3-22(4-2)26-25(29)21-10-7-13-28(18-21)23-11-14-27(15-12-23)24-16-19-8-5-6-9-20(19)17-24/h5-6,8-9,21-24H,3-4,7,10-18H2,1-2H3,(H,26,29)/t21-/m1/s1. The Morgan fingerprint density at radius 2 is 1.62 bits per heavy atom. The van der Waals surface area contributed by atoms with Crippen molar-refractivity contribution in [2.75, 3.05) is 26.2 Å². The first kappa shape index (κ1) is 20.9. The summed E-state index contributed by atoms with van der Waals surface area (Å²) in [5.41, 5.74) is 3.11. The van der Waals surface area contributed by atoms with Crippen molar-refractivity contribution in [3.8, 4) is 0 Å². The molecule has 2 heterocycles. The Hall–Kier alpha value is -1.39. The highest BCUT2D eigenvalue weighted by Crippen LogP contribution is 2.29. The van der Waals surface area contributed by atoms with Gasteiger partial charge in [0.1, 0.15) is 0 Å². The molecule has 0 radical (unpaired) electrons. The van der Waals surface area contributed by atoms with Crippen LogP contribution in [0.1, 0.15) is 63.5 Å². The van der Waals surface area contributed by atoms with Crippen molar-refractivity contribution in [1.82, 2.24) is 15.1 Å². The minimum absolute atomic E-state index is 0.187. The van der Waals surface area contributed by atoms with Gasteiger partial charge in [-0.05, 0) is 82.1 Å². The average molecular weight is 398 g/mol. The van der Waals surface area contributed by atoms with Crippen LogP contribution in [-0.4, -0.2) is 60.0 Å². The van der Waals surface area contributed by atoms with E-state index in [2.05, 4.69) is 53.2 Å². The van der Waals surface area contributed by atoms with Crippen molar-refractivity contribution in [2.24, 2.45) is 5.92 Å². The molecule has 1 aromatic carbocycles. The van der Waals surface area contributed by atoms with Crippen LogP contribution in [0.3, 0.4) is 0 Å². The van der Waals surface area contributed by atoms with Gasteiger partial charge in [-0.25, -0.2) is 0 Å². The van der Waals surface area contributed by atoms with Crippen LogP contribution in [-0.2, 0) is 17.6 Å². The summed E-state index contributed by atoms with van der Waals surface area (Å²) >= 11 is 0. The molecule has 2 saturated heterocycles. The molecule has 1 aliphatic carbocycles. The fourth-order valence-electron chi connectivity index (χ4n) is 5.77. The zero-order valence-corrected chi connectivity index (χ0v) is 18.4. The topological polar surface area (TPSA) is 35.6 Å². The van der Waals surface area contributed by atoms with Gasteiger partial charge in [-0.2, -0.15) is 0 Å². The molecule has 4 rings (SSSR count). The molecule has 4 heteroatoms. The Balaban J connectivity index is 1.26. The average Bonchev–Trinajstić information content (AvgIpc) is 3.22. The van der Waals surface area contributed by atoms with Crippen molar-refractivity contribution < 1.29 is 4.79 Å². The van der Waals surface area contributed by atoms with Gasteiger partial charge in [-0.15, -0.1) is 0 Å². The fourth-order valence-corrected chi connectivity index (χ4v) is 5.77. The van der Waals surface area contributed by atoms with Crippen molar-refractivity contribution >= 4 is 5.91 Å². The summed E-state index contributed by atoms with van der Waals surface area (Å²) in [6.45, 7) is 8.89. The van der Waals surface area contributed by atoms with Crippen LogP contribution in [0.5, 0.6) is 0 Å². The van der Waals surface area contributed by atoms with Crippen LogP contribution in [0.25, 0.3) is 0 Å². The second kappa shape index (κ2) is 9.61. The summed E-state index contributed by atoms with van der Waals surface area (Å²) in [4.78, 5) is 18.1. The van der Waals surface area contributed by atoms with E-state index in [1.54, 1.807) is 11.1 Å². The van der Waals surface area contributed by atoms with E-state index >= 15 is 0 Å². The summed E-state index contributed by atoms with van der Waals surface area (Å²) < 4.78 is 0. The van der Waals surface area contributed by atoms with Crippen molar-refractivity contribution in [3.63, 3.8) is 0 Å². The van der Waals surface area contributed by atoms with E-state index in [1.807, 2.05) is 0 Å². The van der Waals surface area contributed by atoms with Gasteiger partial charge < -0.3 is 5.32 Å². The predicted octanol–water partition coefficient (Wildman–Crippen LogP) is 3.64. The first-order valence-electron chi connectivity index (χ1n) is 12.0. The summed E-state index contributed by atoms with van der Waals surface area (Å²) in [7, 11) is 0. The molecule has 1 atom stereocenters. The number of nitrogens with zero attached hydrogens (tertiary/aromatic N) is 2. The lowest BCUT2D eigenvalue weighted by molar-refractivity contribution is -0.128. The summed E-state index contributed by atoms with van der Waals surface area (Å²) in [6, 6.07) is 10.7. The number of carbonyl (C=O) groups excluding carboxylic acids is 1. The Kier molecular flexibility index (Phi) is 6.92. The van der Waals surface area contributed by atoms with E-state index in [0.717, 1.165) is 25.8 Å². The molecule has 160 valence electrons. The molecular weight excluding hydrogens is 358 g/mol. The van der Waals surface area contributed by atoms with Gasteiger partial charge in [0.25, 0.3) is 0 Å². The predicted molar refractivity (Wildman–Crippen MR) is 119 cm³/mol. The number of amides is 1. The minimum atomic E-state index is 0.187. The lowest BCUT2D eigenvalue weighted by Crippen LogP contribution is -2.52. The van der Waals surface area contributed by atoms with Gasteiger partial charge in [-0.1, -0.05) is 38.1 Å². The normalized spacial score (nSPS) is 24.7. The largest absolute Gasteiger partial charge is 0.353 e. The lowest BCUT2D eigenvalue weighted by atomic mass is 9.92. The van der Waals surface area contributed by atoms with Gasteiger partial charge in [-0.3, -0.25) is 14.6 Å². The molecule has 0 spiro atoms. The maximum absolute atomic E-state index is 12.7. The monoisotopic (exact) mass is 397 g/mol. The first-order chi connectivity index (χ1) is 14.2. The fraction of sp³-hybridized carbons (Fsp3) is 0.720. The van der Waals surface area contributed by atoms with Gasteiger partial charge >= 0.3 is 0 Å². The van der Waals surface area contributed by atoms with E-state index in [9.17, 15) is 4.79 Å². The summed E-state index contributed by atoms with van der Waals surface area (Å²) in [6.07, 6.45) is 9.25. The quantitative estimate of drug-likeness (QED) is 0.796. The second-order valence-electron chi connectivity index (χ2n) is 9.45. The van der Waals surface area contributed by atoms with Crippen molar-refractivity contribution in [3.05, 3.63) is 35.4 Å². The molecule has 0 saturated carbocycles. The Labute approximate surface area is 177 Å². The number of carbonyl (C=O) groups is 1. The Morgan fingerprint density at radius 3 is 2.24 bits per heavy atom. The third-order valence-corrected chi connectivity index (χ3v) is 7.72. The number of benzene rings is 1. The third-order valence-electron chi connectivity index (χ3n) is 7.72. The summed E-state index contributed by atoms with van der Waals surface area (Å²) in [5.74, 6) is 0.483. The Morgan fingerprint density at radius 1 is 0.966 bits per heavy atom. The number of rotatable bonds is 6. The highest BCUT2D eigenvalue weighted by molar-refractivity contribution is 5.79. The number of fused-ring (bicyclic) bond motifs is 1. The number of hydrogen-bond acceptors (Lipinski definition) is 3. The van der Waals surface area contributed by atoms with Gasteiger partial charge in [0.2, 0.25) is 5.91 Å². The van der Waals surface area contributed by atoms with Crippen molar-refractivity contribution in [1.29, 1.82) is 0 Å². The van der Waals surface area contributed by atoms with Crippen LogP contribution in [0.15, 0.2) is 24.3 Å². The smallest absolute Gasteiger partial charge is 0.224 e. The number of likely N-dealkylation sites (tertiary alicyclic amines) is 2. The lowest BCUT2D eigenvalue weighted by Gasteiger charge is -2.43. The number of hydrogen-bond donors (Lipinski definition) is 1. The molecular formula is C25H39N3O. The van der Waals surface area contributed by atoms with Gasteiger partial charge in [0, 0.05) is 24.7 Å². The van der Waals surface area contributed by atoms with Gasteiger partial charge in [0.15, 0.2) is 0 Å². The molecule has 1 amide bonds. The molecule has 29 heavy (non-hydrogen) atoms. The first-order valence-corrected chi connectivity index (χ1v) is 12.0. The molecule has 4 nitrogen and oxygen atoms in total. The maximum Gasteiger partial charge on any atom is 0.224 e. The molecule has 1 N–H and O–H groups in total. The van der Waals surface area contributed by atoms with E-state index in [-0.39, 0.29) is 5.92 Å². The molecule has 2 fully saturated rings. The highest BCUT2D eigenvalue weighted by Gasteiger charge is 2.34. The molecule has 1 aromatic rings. The second-order valence-corrected chi connectivity index (χ2v) is 9.45. The van der Waals surface area contributed by atoms with Crippen LogP contribution < -0.4 is 5.32 Å². The van der Waals surface area contributed by atoms with Crippen molar-refractivity contribution in [2.45, 2.75) is 83.3 Å². The van der Waals surface area contributed by atoms with Crippen LogP contribution in [0.2, 0.25) is 0 Å². The van der Waals surface area contributed by atoms with Crippen LogP contribution in [0, 0.1) is 5.92 Å². The zero-order valence-electron chi connectivity index (χ0n) is 18.4. The van der Waals surface area contributed by atoms with Crippen LogP contribution >= 0.6 is 0 Å². The highest BCUT2D eigenvalue weighted by atomic mass is 16.2. The molecule has 0 aromatic heterocycles. The van der Waals surface area contributed by atoms with E-state index in [1.165, 1.54) is 51.7 Å². The van der Waals surface area contributed by atoms with E-state index in [4.69, 9.17) is 0 Å². The third kappa shape index (κ3) is 4.86. The number of nitrogens with one attached hydrogen (secondary N) is 1. The summed E-state index contributed by atoms with van der Waals surface area (Å²) in [5, 5.41) is 3.29. The van der Waals surface area contributed by atoms with Crippen LogP contribution in [0.4, 0.5) is 0 Å². The van der Waals surface area contributed by atoms with E-state index < -0.39 is 0 Å². The number of piperidine rings is 2.